The van der Waals surface area contributed by atoms with E-state index in [4.69, 9.17) is 11.6 Å². The molecule has 80 valence electrons. The third kappa shape index (κ3) is 1.93. The Morgan fingerprint density at radius 2 is 2.33 bits per heavy atom. The first-order valence-electron chi connectivity index (χ1n) is 4.62. The summed E-state index contributed by atoms with van der Waals surface area (Å²) < 4.78 is 1.86. The van der Waals surface area contributed by atoms with Gasteiger partial charge in [0.25, 0.3) is 0 Å². The van der Waals surface area contributed by atoms with Crippen LogP contribution < -0.4 is 5.32 Å². The highest BCUT2D eigenvalue weighted by molar-refractivity contribution is 7.10. The normalized spacial score (nSPS) is 13.0. The predicted molar refractivity (Wildman–Crippen MR) is 63.4 cm³/mol. The van der Waals surface area contributed by atoms with Crippen LogP contribution in [0.2, 0.25) is 5.02 Å². The summed E-state index contributed by atoms with van der Waals surface area (Å²) in [5, 5.41) is 10.2. The zero-order chi connectivity index (χ0) is 10.8. The second-order valence-electron chi connectivity index (χ2n) is 3.23. The summed E-state index contributed by atoms with van der Waals surface area (Å²) in [6.45, 7) is 0. The van der Waals surface area contributed by atoms with Crippen molar-refractivity contribution >= 4 is 22.9 Å². The third-order valence-electron chi connectivity index (χ3n) is 2.35. The molecule has 1 atom stereocenters. The maximum absolute atomic E-state index is 6.12. The van der Waals surface area contributed by atoms with Crippen molar-refractivity contribution < 1.29 is 0 Å². The molecule has 2 aromatic heterocycles. The quantitative estimate of drug-likeness (QED) is 0.895. The maximum Gasteiger partial charge on any atom is 0.0854 e. The summed E-state index contributed by atoms with van der Waals surface area (Å²) in [6, 6.07) is 4.03. The lowest BCUT2D eigenvalue weighted by Crippen LogP contribution is -2.19. The summed E-state index contributed by atoms with van der Waals surface area (Å²) in [6.07, 6.45) is 1.79. The molecule has 0 saturated heterocycles. The van der Waals surface area contributed by atoms with E-state index >= 15 is 0 Å². The number of thiophene rings is 1. The minimum Gasteiger partial charge on any atom is -0.307 e. The Hall–Kier alpha value is -0.840. The lowest BCUT2D eigenvalue weighted by molar-refractivity contribution is 0.613. The van der Waals surface area contributed by atoms with Gasteiger partial charge < -0.3 is 5.32 Å². The third-order valence-corrected chi connectivity index (χ3v) is 3.77. The van der Waals surface area contributed by atoms with E-state index in [0.29, 0.717) is 0 Å². The van der Waals surface area contributed by atoms with Crippen LogP contribution in [-0.4, -0.2) is 16.8 Å². The van der Waals surface area contributed by atoms with Gasteiger partial charge in [0, 0.05) is 18.1 Å². The van der Waals surface area contributed by atoms with Crippen LogP contribution in [-0.2, 0) is 7.05 Å². The lowest BCUT2D eigenvalue weighted by Gasteiger charge is -2.15. The van der Waals surface area contributed by atoms with Crippen LogP contribution in [0.4, 0.5) is 0 Å². The Labute approximate surface area is 97.7 Å². The number of rotatable bonds is 3. The molecule has 1 N–H and O–H groups in total. The van der Waals surface area contributed by atoms with Gasteiger partial charge in [0.05, 0.1) is 16.8 Å². The van der Waals surface area contributed by atoms with Crippen molar-refractivity contribution in [2.45, 2.75) is 6.04 Å². The minimum absolute atomic E-state index is 0.116. The average molecular weight is 242 g/mol. The Balaban J connectivity index is 2.41. The van der Waals surface area contributed by atoms with Crippen molar-refractivity contribution in [1.82, 2.24) is 15.1 Å². The van der Waals surface area contributed by atoms with Gasteiger partial charge >= 0.3 is 0 Å². The van der Waals surface area contributed by atoms with Gasteiger partial charge in [-0.25, -0.2) is 0 Å². The van der Waals surface area contributed by atoms with Crippen LogP contribution >= 0.6 is 22.9 Å². The molecule has 1 unspecified atom stereocenters. The molecule has 0 aliphatic heterocycles. The number of hydrogen-bond acceptors (Lipinski definition) is 3. The van der Waals surface area contributed by atoms with E-state index in [9.17, 15) is 0 Å². The van der Waals surface area contributed by atoms with Crippen LogP contribution in [0.5, 0.6) is 0 Å². The summed E-state index contributed by atoms with van der Waals surface area (Å²) in [4.78, 5) is 1.13. The van der Waals surface area contributed by atoms with Gasteiger partial charge in [-0.15, -0.1) is 11.3 Å². The van der Waals surface area contributed by atoms with Gasteiger partial charge in [-0.3, -0.25) is 4.68 Å². The fraction of sp³-hybridized carbons (Fsp3) is 0.300. The molecule has 15 heavy (non-hydrogen) atoms. The van der Waals surface area contributed by atoms with Gasteiger partial charge in [0.2, 0.25) is 0 Å². The van der Waals surface area contributed by atoms with Gasteiger partial charge in [0.1, 0.15) is 0 Å². The summed E-state index contributed by atoms with van der Waals surface area (Å²) in [5.41, 5.74) is 1.11. The van der Waals surface area contributed by atoms with E-state index in [2.05, 4.69) is 10.4 Å². The topological polar surface area (TPSA) is 29.9 Å². The highest BCUT2D eigenvalue weighted by Crippen LogP contribution is 2.32. The zero-order valence-electron chi connectivity index (χ0n) is 8.57. The SMILES string of the molecule is CNC(c1sccc1Cl)c1ccnn1C. The van der Waals surface area contributed by atoms with Crippen molar-refractivity contribution in [2.75, 3.05) is 7.05 Å². The number of nitrogens with zero attached hydrogens (tertiary/aromatic N) is 2. The first-order chi connectivity index (χ1) is 7.24. The summed E-state index contributed by atoms with van der Waals surface area (Å²) >= 11 is 7.78. The second kappa shape index (κ2) is 4.35. The van der Waals surface area contributed by atoms with Crippen LogP contribution in [0.1, 0.15) is 16.6 Å². The number of halogens is 1. The average Bonchev–Trinajstić information content (AvgIpc) is 2.80. The lowest BCUT2D eigenvalue weighted by atomic mass is 10.2. The molecule has 3 nitrogen and oxygen atoms in total. The monoisotopic (exact) mass is 241 g/mol. The van der Waals surface area contributed by atoms with Crippen LogP contribution in [0.25, 0.3) is 0 Å². The first-order valence-corrected chi connectivity index (χ1v) is 5.88. The molecule has 0 saturated carbocycles. The smallest absolute Gasteiger partial charge is 0.0854 e. The van der Waals surface area contributed by atoms with Crippen LogP contribution in [0, 0.1) is 0 Å². The van der Waals surface area contributed by atoms with Gasteiger partial charge in [-0.1, -0.05) is 11.6 Å². The molecule has 5 heteroatoms. The highest BCUT2D eigenvalue weighted by atomic mass is 35.5. The molecular formula is C10H12ClN3S. The van der Waals surface area contributed by atoms with Gasteiger partial charge in [-0.05, 0) is 24.6 Å². The van der Waals surface area contributed by atoms with Crippen molar-refractivity contribution in [3.05, 3.63) is 39.3 Å². The molecule has 0 radical (unpaired) electrons. The fourth-order valence-electron chi connectivity index (χ4n) is 1.59. The van der Waals surface area contributed by atoms with Crippen molar-refractivity contribution in [3.63, 3.8) is 0 Å². The largest absolute Gasteiger partial charge is 0.307 e. The highest BCUT2D eigenvalue weighted by Gasteiger charge is 2.18. The molecule has 0 aromatic carbocycles. The molecule has 0 bridgehead atoms. The standard InChI is InChI=1S/C10H12ClN3S/c1-12-9(8-3-5-13-14(8)2)10-7(11)4-6-15-10/h3-6,9,12H,1-2H3. The molecule has 2 heterocycles. The van der Waals surface area contributed by atoms with E-state index in [-0.39, 0.29) is 6.04 Å². The molecule has 0 fully saturated rings. The number of aryl methyl sites for hydroxylation is 1. The Bertz CT molecular complexity index is 409. The molecule has 2 rings (SSSR count). The van der Waals surface area contributed by atoms with Gasteiger partial charge in [-0.2, -0.15) is 5.10 Å². The van der Waals surface area contributed by atoms with E-state index < -0.39 is 0 Å². The molecule has 0 amide bonds. The minimum atomic E-state index is 0.116. The Morgan fingerprint density at radius 3 is 2.80 bits per heavy atom. The molecule has 2 aromatic rings. The van der Waals surface area contributed by atoms with Crippen molar-refractivity contribution in [1.29, 1.82) is 0 Å². The van der Waals surface area contributed by atoms with E-state index in [1.807, 2.05) is 36.3 Å². The number of hydrogen-bond donors (Lipinski definition) is 1. The Morgan fingerprint density at radius 1 is 1.53 bits per heavy atom. The van der Waals surface area contributed by atoms with E-state index in [1.165, 1.54) is 0 Å². The summed E-state index contributed by atoms with van der Waals surface area (Å²) in [5.74, 6) is 0. The predicted octanol–water partition coefficient (Wildman–Crippen LogP) is 2.44. The zero-order valence-corrected chi connectivity index (χ0v) is 10.1. The molecule has 0 spiro atoms. The fourth-order valence-corrected chi connectivity index (χ4v) is 2.88. The Kier molecular flexibility index (Phi) is 3.09. The summed E-state index contributed by atoms with van der Waals surface area (Å²) in [7, 11) is 3.86. The molecule has 0 aliphatic carbocycles. The first kappa shape index (κ1) is 10.7. The molecule has 0 aliphatic rings. The van der Waals surface area contributed by atoms with Gasteiger partial charge in [0.15, 0.2) is 0 Å². The maximum atomic E-state index is 6.12. The number of aromatic nitrogens is 2. The van der Waals surface area contributed by atoms with E-state index in [1.54, 1.807) is 17.5 Å². The van der Waals surface area contributed by atoms with E-state index in [0.717, 1.165) is 15.6 Å². The van der Waals surface area contributed by atoms with Crippen LogP contribution in [0.3, 0.4) is 0 Å². The number of nitrogens with one attached hydrogen (secondary N) is 1. The molecular weight excluding hydrogens is 230 g/mol. The van der Waals surface area contributed by atoms with Crippen molar-refractivity contribution in [2.24, 2.45) is 7.05 Å². The second-order valence-corrected chi connectivity index (χ2v) is 4.59. The van der Waals surface area contributed by atoms with Crippen LogP contribution in [0.15, 0.2) is 23.7 Å². The van der Waals surface area contributed by atoms with Crippen molar-refractivity contribution in [3.8, 4) is 0 Å².